The average molecular weight is 289 g/mol. The molecule has 1 aliphatic rings. The van der Waals surface area contributed by atoms with E-state index in [-0.39, 0.29) is 10.7 Å². The lowest BCUT2D eigenvalue weighted by molar-refractivity contribution is 0.598. The summed E-state index contributed by atoms with van der Waals surface area (Å²) in [6, 6.07) is 6.88. The van der Waals surface area contributed by atoms with E-state index in [1.807, 2.05) is 6.92 Å². The third-order valence-electron chi connectivity index (χ3n) is 2.41. The Morgan fingerprint density at radius 2 is 2.00 bits per heavy atom. The standard InChI is InChI=1S/C11H15NO2S3/c1-10-3-5-11(6-4-10)17(13,14)12-16-8-2-7-15-9-16/h3-6H,2,7-9H2,1H3/t16-/m0/s1. The van der Waals surface area contributed by atoms with Gasteiger partial charge in [0.2, 0.25) is 0 Å². The van der Waals surface area contributed by atoms with Crippen LogP contribution in [0.3, 0.4) is 0 Å². The molecule has 0 aliphatic carbocycles. The van der Waals surface area contributed by atoms with Crippen molar-refractivity contribution in [3.63, 3.8) is 0 Å². The molecule has 0 radical (unpaired) electrons. The molecule has 0 aromatic heterocycles. The minimum Gasteiger partial charge on any atom is -0.199 e. The van der Waals surface area contributed by atoms with Crippen LogP contribution < -0.4 is 0 Å². The quantitative estimate of drug-likeness (QED) is 0.840. The van der Waals surface area contributed by atoms with Crippen LogP contribution in [0.4, 0.5) is 0 Å². The molecule has 0 bridgehead atoms. The van der Waals surface area contributed by atoms with Crippen molar-refractivity contribution in [1.82, 2.24) is 0 Å². The van der Waals surface area contributed by atoms with Crippen molar-refractivity contribution in [3.8, 4) is 0 Å². The number of nitrogens with zero attached hydrogens (tertiary/aromatic N) is 1. The van der Waals surface area contributed by atoms with Gasteiger partial charge >= 0.3 is 0 Å². The molecule has 3 nitrogen and oxygen atoms in total. The van der Waals surface area contributed by atoms with E-state index in [0.717, 1.165) is 28.6 Å². The van der Waals surface area contributed by atoms with E-state index in [4.69, 9.17) is 0 Å². The van der Waals surface area contributed by atoms with Crippen molar-refractivity contribution in [2.45, 2.75) is 18.2 Å². The molecule has 1 aromatic carbocycles. The largest absolute Gasteiger partial charge is 0.287 e. The highest BCUT2D eigenvalue weighted by molar-refractivity contribution is 8.13. The fourth-order valence-electron chi connectivity index (χ4n) is 1.49. The molecule has 1 saturated heterocycles. The second-order valence-electron chi connectivity index (χ2n) is 3.91. The molecule has 1 aliphatic heterocycles. The van der Waals surface area contributed by atoms with E-state index in [9.17, 15) is 8.42 Å². The lowest BCUT2D eigenvalue weighted by Crippen LogP contribution is -2.10. The molecule has 1 atom stereocenters. The van der Waals surface area contributed by atoms with Gasteiger partial charge in [0.1, 0.15) is 0 Å². The van der Waals surface area contributed by atoms with Crippen molar-refractivity contribution >= 4 is 32.5 Å². The molecule has 0 N–H and O–H groups in total. The number of sulfonamides is 1. The Labute approximate surface area is 109 Å². The summed E-state index contributed by atoms with van der Waals surface area (Å²) in [6.07, 6.45) is 1.07. The fraction of sp³-hybridized carbons (Fsp3) is 0.455. The second-order valence-corrected chi connectivity index (χ2v) is 9.02. The Hall–Kier alpha value is -0.330. The molecule has 2 rings (SSSR count). The third kappa shape index (κ3) is 3.56. The zero-order valence-corrected chi connectivity index (χ0v) is 12.1. The average Bonchev–Trinajstić information content (AvgIpc) is 2.30. The summed E-state index contributed by atoms with van der Waals surface area (Å²) in [5.74, 6) is 2.04. The summed E-state index contributed by atoms with van der Waals surface area (Å²) >= 11 is 1.80. The zero-order valence-electron chi connectivity index (χ0n) is 9.63. The summed E-state index contributed by atoms with van der Waals surface area (Å²) in [6.45, 7) is 1.94. The van der Waals surface area contributed by atoms with Gasteiger partial charge in [0.05, 0.1) is 9.98 Å². The van der Waals surface area contributed by atoms with E-state index in [0.29, 0.717) is 4.90 Å². The summed E-state index contributed by atoms with van der Waals surface area (Å²) < 4.78 is 28.1. The van der Waals surface area contributed by atoms with Gasteiger partial charge in [-0.05, 0) is 31.2 Å². The second kappa shape index (κ2) is 5.54. The molecule has 0 amide bonds. The Morgan fingerprint density at radius 3 is 2.59 bits per heavy atom. The Morgan fingerprint density at radius 1 is 1.29 bits per heavy atom. The first-order valence-corrected chi connectivity index (χ1v) is 9.49. The van der Waals surface area contributed by atoms with E-state index < -0.39 is 10.0 Å². The normalized spacial score (nSPS) is 21.6. The summed E-state index contributed by atoms with van der Waals surface area (Å²) in [5.41, 5.74) is 1.06. The summed E-state index contributed by atoms with van der Waals surface area (Å²) in [4.78, 5) is 0.311. The van der Waals surface area contributed by atoms with Crippen LogP contribution >= 0.6 is 11.8 Å². The van der Waals surface area contributed by atoms with Gasteiger partial charge in [0, 0.05) is 5.75 Å². The van der Waals surface area contributed by atoms with Crippen LogP contribution in [-0.4, -0.2) is 25.0 Å². The van der Waals surface area contributed by atoms with Crippen molar-refractivity contribution in [3.05, 3.63) is 29.8 Å². The van der Waals surface area contributed by atoms with E-state index in [1.165, 1.54) is 0 Å². The van der Waals surface area contributed by atoms with Crippen molar-refractivity contribution in [2.24, 2.45) is 3.77 Å². The first-order chi connectivity index (χ1) is 8.08. The lowest BCUT2D eigenvalue weighted by Gasteiger charge is -2.13. The first kappa shape index (κ1) is 13.1. The van der Waals surface area contributed by atoms with Crippen LogP contribution in [0.5, 0.6) is 0 Å². The van der Waals surface area contributed by atoms with Crippen molar-refractivity contribution in [1.29, 1.82) is 0 Å². The molecule has 0 saturated carbocycles. The van der Waals surface area contributed by atoms with Gasteiger partial charge in [-0.3, -0.25) is 0 Å². The molecule has 0 unspecified atom stereocenters. The van der Waals surface area contributed by atoms with Crippen LogP contribution in [0.1, 0.15) is 12.0 Å². The highest BCUT2D eigenvalue weighted by Crippen LogP contribution is 2.19. The van der Waals surface area contributed by atoms with Gasteiger partial charge in [-0.1, -0.05) is 28.4 Å². The number of thioether (sulfide) groups is 1. The maximum atomic E-state index is 12.0. The number of benzene rings is 1. The molecule has 1 fully saturated rings. The minimum absolute atomic E-state index is 0.311. The third-order valence-corrected chi connectivity index (χ3v) is 8.00. The molecule has 1 aromatic rings. The number of rotatable bonds is 2. The molecule has 0 spiro atoms. The maximum absolute atomic E-state index is 12.0. The molecular formula is C11H15NO2S3. The van der Waals surface area contributed by atoms with Crippen LogP contribution in [0.15, 0.2) is 32.9 Å². The van der Waals surface area contributed by atoms with E-state index in [2.05, 4.69) is 3.77 Å². The molecule has 1 heterocycles. The number of hydrogen-bond donors (Lipinski definition) is 0. The predicted octanol–water partition coefficient (Wildman–Crippen LogP) is 2.58. The van der Waals surface area contributed by atoms with Crippen LogP contribution in [0, 0.1) is 6.92 Å². The Kier molecular flexibility index (Phi) is 4.27. The molecular weight excluding hydrogens is 274 g/mol. The van der Waals surface area contributed by atoms with Gasteiger partial charge in [-0.25, -0.2) is 0 Å². The van der Waals surface area contributed by atoms with E-state index >= 15 is 0 Å². The molecule has 17 heavy (non-hydrogen) atoms. The summed E-state index contributed by atoms with van der Waals surface area (Å²) in [7, 11) is -3.77. The monoisotopic (exact) mass is 289 g/mol. The van der Waals surface area contributed by atoms with Crippen LogP contribution in [0.2, 0.25) is 0 Å². The summed E-state index contributed by atoms with van der Waals surface area (Å²) in [5, 5.41) is 0.852. The first-order valence-electron chi connectivity index (χ1n) is 5.38. The topological polar surface area (TPSA) is 46.5 Å². The number of aryl methyl sites for hydroxylation is 1. The minimum atomic E-state index is -3.45. The van der Waals surface area contributed by atoms with Crippen LogP contribution in [0.25, 0.3) is 0 Å². The molecule has 94 valence electrons. The van der Waals surface area contributed by atoms with Gasteiger partial charge in [0.25, 0.3) is 10.0 Å². The highest BCUT2D eigenvalue weighted by Gasteiger charge is 2.15. The van der Waals surface area contributed by atoms with Gasteiger partial charge in [0.15, 0.2) is 0 Å². The van der Waals surface area contributed by atoms with Crippen molar-refractivity contribution in [2.75, 3.05) is 16.6 Å². The maximum Gasteiger partial charge on any atom is 0.287 e. The Balaban J connectivity index is 2.27. The molecule has 6 heteroatoms. The predicted molar refractivity (Wildman–Crippen MR) is 75.0 cm³/mol. The Bertz CT molecular complexity index is 512. The fourth-order valence-corrected chi connectivity index (χ4v) is 7.01. The SMILES string of the molecule is Cc1ccc(S(=O)(=O)/N=[S@]2/CCCSC2)cc1. The van der Waals surface area contributed by atoms with E-state index in [1.54, 1.807) is 36.0 Å². The van der Waals surface area contributed by atoms with Crippen LogP contribution in [-0.2, 0) is 20.7 Å². The lowest BCUT2D eigenvalue weighted by atomic mass is 10.2. The van der Waals surface area contributed by atoms with Gasteiger partial charge in [-0.15, -0.1) is 15.5 Å². The van der Waals surface area contributed by atoms with Gasteiger partial charge < -0.3 is 0 Å². The zero-order chi connectivity index (χ0) is 12.3. The van der Waals surface area contributed by atoms with Crippen molar-refractivity contribution < 1.29 is 8.42 Å². The smallest absolute Gasteiger partial charge is 0.199 e. The highest BCUT2D eigenvalue weighted by atomic mass is 32.3. The van der Waals surface area contributed by atoms with Gasteiger partial charge in [-0.2, -0.15) is 8.42 Å². The number of hydrogen-bond acceptors (Lipinski definition) is 3.